The first-order valence-corrected chi connectivity index (χ1v) is 11.1. The number of amides is 2. The molecule has 31 heavy (non-hydrogen) atoms. The Bertz CT molecular complexity index is 973. The second-order valence-electron chi connectivity index (χ2n) is 9.30. The Balaban J connectivity index is 2.06. The van der Waals surface area contributed by atoms with Gasteiger partial charge in [0, 0.05) is 12.1 Å². The molecule has 5 nitrogen and oxygen atoms in total. The van der Waals surface area contributed by atoms with Crippen molar-refractivity contribution in [3.8, 4) is 0 Å². The third-order valence-corrected chi connectivity index (χ3v) is 6.08. The largest absolute Gasteiger partial charge is 0.449 e. The van der Waals surface area contributed by atoms with Gasteiger partial charge in [0.1, 0.15) is 0 Å². The minimum absolute atomic E-state index is 0.0292. The zero-order valence-corrected chi connectivity index (χ0v) is 19.8. The van der Waals surface area contributed by atoms with Crippen LogP contribution >= 0.6 is 0 Å². The van der Waals surface area contributed by atoms with Crippen molar-refractivity contribution in [1.29, 1.82) is 0 Å². The number of hydrogen-bond donors (Lipinski definition) is 0. The van der Waals surface area contributed by atoms with Crippen LogP contribution in [-0.4, -0.2) is 31.2 Å². The predicted molar refractivity (Wildman–Crippen MR) is 126 cm³/mol. The summed E-state index contributed by atoms with van der Waals surface area (Å²) in [7, 11) is 0. The first kappa shape index (κ1) is 22.9. The first-order chi connectivity index (χ1) is 14.6. The number of nitrogens with zero attached hydrogens (tertiary/aromatic N) is 2. The van der Waals surface area contributed by atoms with Crippen LogP contribution in [-0.2, 0) is 10.2 Å². The smallest absolute Gasteiger partial charge is 0.414 e. The summed E-state index contributed by atoms with van der Waals surface area (Å²) in [5, 5.41) is 0. The maximum atomic E-state index is 13.6. The minimum Gasteiger partial charge on any atom is -0.449 e. The lowest BCUT2D eigenvalue weighted by Crippen LogP contribution is -2.53. The Labute approximate surface area is 186 Å². The van der Waals surface area contributed by atoms with Gasteiger partial charge in [0.05, 0.1) is 24.0 Å². The molecule has 3 rings (SSSR count). The Kier molecular flexibility index (Phi) is 6.44. The summed E-state index contributed by atoms with van der Waals surface area (Å²) in [6.45, 7) is 15.1. The van der Waals surface area contributed by atoms with Crippen LogP contribution in [0.15, 0.2) is 36.4 Å². The third-order valence-electron chi connectivity index (χ3n) is 6.08. The molecular weight excluding hydrogens is 388 g/mol. The van der Waals surface area contributed by atoms with Gasteiger partial charge in [0.15, 0.2) is 0 Å². The van der Waals surface area contributed by atoms with E-state index < -0.39 is 0 Å². The maximum absolute atomic E-state index is 13.6. The molecule has 0 spiro atoms. The molecule has 2 aromatic rings. The molecule has 0 bridgehead atoms. The molecule has 0 aliphatic carbocycles. The number of aryl methyl sites for hydroxylation is 2. The van der Waals surface area contributed by atoms with Gasteiger partial charge in [0.25, 0.3) is 5.91 Å². The standard InChI is InChI=1S/C26H34N2O3/c1-8-21-16-27(24(29)19-10-12-20(13-11-19)26(5,6)7)22-14-17(3)18(4)15-23(22)28(21)25(30)31-9-2/h10-15,21H,8-9,16H2,1-7H3. The van der Waals surface area contributed by atoms with Crippen molar-refractivity contribution in [3.05, 3.63) is 58.7 Å². The fourth-order valence-electron chi connectivity index (χ4n) is 4.00. The zero-order chi connectivity index (χ0) is 22.9. The molecular formula is C26H34N2O3. The Morgan fingerprint density at radius 1 is 1.00 bits per heavy atom. The van der Waals surface area contributed by atoms with Gasteiger partial charge >= 0.3 is 6.09 Å². The Morgan fingerprint density at radius 2 is 1.58 bits per heavy atom. The molecule has 0 aromatic heterocycles. The van der Waals surface area contributed by atoms with E-state index in [-0.39, 0.29) is 23.5 Å². The average Bonchev–Trinajstić information content (AvgIpc) is 2.72. The average molecular weight is 423 g/mol. The molecule has 0 saturated heterocycles. The summed E-state index contributed by atoms with van der Waals surface area (Å²) in [4.78, 5) is 29.9. The summed E-state index contributed by atoms with van der Waals surface area (Å²) in [5.74, 6) is -0.0491. The lowest BCUT2D eigenvalue weighted by Gasteiger charge is -2.42. The number of hydrogen-bond acceptors (Lipinski definition) is 3. The number of anilines is 2. The normalized spacial score (nSPS) is 16.2. The lowest BCUT2D eigenvalue weighted by atomic mass is 9.86. The quantitative estimate of drug-likeness (QED) is 0.609. The van der Waals surface area contributed by atoms with Crippen LogP contribution < -0.4 is 9.80 Å². The number of rotatable bonds is 3. The molecule has 0 saturated carbocycles. The van der Waals surface area contributed by atoms with E-state index in [1.54, 1.807) is 11.8 Å². The molecule has 1 aliphatic rings. The minimum atomic E-state index is -0.361. The first-order valence-electron chi connectivity index (χ1n) is 11.1. The third kappa shape index (κ3) is 4.46. The van der Waals surface area contributed by atoms with Crippen LogP contribution in [0.1, 0.15) is 68.1 Å². The monoisotopic (exact) mass is 422 g/mol. The molecule has 1 heterocycles. The summed E-state index contributed by atoms with van der Waals surface area (Å²) in [6.07, 6.45) is 0.359. The van der Waals surface area contributed by atoms with Crippen LogP contribution in [0.2, 0.25) is 0 Å². The van der Waals surface area contributed by atoms with Crippen LogP contribution in [0.5, 0.6) is 0 Å². The topological polar surface area (TPSA) is 49.9 Å². The lowest BCUT2D eigenvalue weighted by molar-refractivity contribution is 0.0981. The fourth-order valence-corrected chi connectivity index (χ4v) is 4.00. The molecule has 1 atom stereocenters. The number of ether oxygens (including phenoxy) is 1. The predicted octanol–water partition coefficient (Wildman–Crippen LogP) is 6.00. The van der Waals surface area contributed by atoms with Gasteiger partial charge in [-0.3, -0.25) is 9.69 Å². The van der Waals surface area contributed by atoms with Crippen molar-refractivity contribution in [2.45, 2.75) is 66.3 Å². The van der Waals surface area contributed by atoms with Gasteiger partial charge in [-0.15, -0.1) is 0 Å². The molecule has 2 aromatic carbocycles. The van der Waals surface area contributed by atoms with Gasteiger partial charge < -0.3 is 9.64 Å². The van der Waals surface area contributed by atoms with E-state index in [2.05, 4.69) is 20.8 Å². The fraction of sp³-hybridized carbons (Fsp3) is 0.462. The van der Waals surface area contributed by atoms with E-state index in [0.29, 0.717) is 18.7 Å². The van der Waals surface area contributed by atoms with Gasteiger partial charge in [0.2, 0.25) is 0 Å². The van der Waals surface area contributed by atoms with Crippen LogP contribution in [0.3, 0.4) is 0 Å². The number of fused-ring (bicyclic) bond motifs is 1. The molecule has 166 valence electrons. The molecule has 0 fully saturated rings. The van der Waals surface area contributed by atoms with Crippen LogP contribution in [0.25, 0.3) is 0 Å². The van der Waals surface area contributed by atoms with Gasteiger partial charge in [-0.25, -0.2) is 4.79 Å². The summed E-state index contributed by atoms with van der Waals surface area (Å²) < 4.78 is 5.35. The van der Waals surface area contributed by atoms with Crippen molar-refractivity contribution in [1.82, 2.24) is 0 Å². The number of benzene rings is 2. The highest BCUT2D eigenvalue weighted by Gasteiger charge is 2.37. The molecule has 5 heteroatoms. The van der Waals surface area contributed by atoms with Crippen LogP contribution in [0.4, 0.5) is 16.2 Å². The zero-order valence-electron chi connectivity index (χ0n) is 19.8. The van der Waals surface area contributed by atoms with Crippen molar-refractivity contribution >= 4 is 23.4 Å². The van der Waals surface area contributed by atoms with E-state index in [0.717, 1.165) is 28.9 Å². The molecule has 0 radical (unpaired) electrons. The maximum Gasteiger partial charge on any atom is 0.414 e. The van der Waals surface area contributed by atoms with E-state index in [1.807, 2.05) is 62.1 Å². The molecule has 0 N–H and O–H groups in total. The van der Waals surface area contributed by atoms with Crippen LogP contribution in [0, 0.1) is 13.8 Å². The highest BCUT2D eigenvalue weighted by Crippen LogP contribution is 2.39. The van der Waals surface area contributed by atoms with Crippen molar-refractivity contribution in [2.24, 2.45) is 0 Å². The highest BCUT2D eigenvalue weighted by molar-refractivity contribution is 6.10. The Hall–Kier alpha value is -2.82. The van der Waals surface area contributed by atoms with Crippen molar-refractivity contribution in [2.75, 3.05) is 23.0 Å². The van der Waals surface area contributed by atoms with E-state index >= 15 is 0 Å². The molecule has 2 amide bonds. The van der Waals surface area contributed by atoms with Gasteiger partial charge in [-0.2, -0.15) is 0 Å². The Morgan fingerprint density at radius 3 is 2.10 bits per heavy atom. The second-order valence-corrected chi connectivity index (χ2v) is 9.30. The SMILES string of the molecule is CCOC(=O)N1c2cc(C)c(C)cc2N(C(=O)c2ccc(C(C)(C)C)cc2)CC1CC. The van der Waals surface area contributed by atoms with E-state index in [4.69, 9.17) is 4.74 Å². The van der Waals surface area contributed by atoms with Gasteiger partial charge in [-0.1, -0.05) is 39.8 Å². The van der Waals surface area contributed by atoms with Crippen molar-refractivity contribution < 1.29 is 14.3 Å². The summed E-state index contributed by atoms with van der Waals surface area (Å²) in [5.41, 5.74) is 5.52. The molecule has 1 aliphatic heterocycles. The number of carbonyl (C=O) groups excluding carboxylic acids is 2. The molecule has 1 unspecified atom stereocenters. The highest BCUT2D eigenvalue weighted by atomic mass is 16.6. The van der Waals surface area contributed by atoms with E-state index in [1.165, 1.54) is 5.56 Å². The van der Waals surface area contributed by atoms with Gasteiger partial charge in [-0.05, 0) is 73.6 Å². The summed E-state index contributed by atoms with van der Waals surface area (Å²) in [6, 6.07) is 11.7. The van der Waals surface area contributed by atoms with Crippen molar-refractivity contribution in [3.63, 3.8) is 0 Å². The van der Waals surface area contributed by atoms with E-state index in [9.17, 15) is 9.59 Å². The summed E-state index contributed by atoms with van der Waals surface area (Å²) >= 11 is 0. The number of carbonyl (C=O) groups is 2. The second kappa shape index (κ2) is 8.74.